The topological polar surface area (TPSA) is 51.2 Å². The Morgan fingerprint density at radius 3 is 2.84 bits per heavy atom. The van der Waals surface area contributed by atoms with Gasteiger partial charge in [0.1, 0.15) is 10.4 Å². The van der Waals surface area contributed by atoms with Gasteiger partial charge in [0, 0.05) is 6.20 Å². The summed E-state index contributed by atoms with van der Waals surface area (Å²) in [5.74, 6) is 0.422. The molecule has 1 amide bonds. The fraction of sp³-hybridized carbons (Fsp3) is 0.143. The van der Waals surface area contributed by atoms with Crippen LogP contribution in [0.2, 0.25) is 0 Å². The van der Waals surface area contributed by atoms with Gasteiger partial charge < -0.3 is 10.1 Å². The summed E-state index contributed by atoms with van der Waals surface area (Å²) in [5.41, 5.74) is 1.12. The Labute approximate surface area is 119 Å². The molecule has 0 saturated carbocycles. The first-order chi connectivity index (χ1) is 9.22. The van der Waals surface area contributed by atoms with Crippen LogP contribution in [0.5, 0.6) is 5.75 Å². The second kappa shape index (κ2) is 6.33. The van der Waals surface area contributed by atoms with E-state index < -0.39 is 0 Å². The maximum Gasteiger partial charge on any atom is 0.258 e. The number of ether oxygens (including phenoxy) is 1. The molecule has 0 aliphatic carbocycles. The number of pyridine rings is 1. The van der Waals surface area contributed by atoms with Crippen LogP contribution in [0, 0.1) is 0 Å². The lowest BCUT2D eigenvalue weighted by Gasteiger charge is -2.11. The average Bonchev–Trinajstić information content (AvgIpc) is 2.41. The number of hydrogen-bond donors (Lipinski definition) is 1. The van der Waals surface area contributed by atoms with Gasteiger partial charge in [-0.05, 0) is 47.1 Å². The Morgan fingerprint density at radius 1 is 1.32 bits per heavy atom. The van der Waals surface area contributed by atoms with Crippen molar-refractivity contribution in [3.8, 4) is 5.75 Å². The molecule has 0 radical (unpaired) electrons. The van der Waals surface area contributed by atoms with E-state index in [0.717, 1.165) is 0 Å². The van der Waals surface area contributed by atoms with Gasteiger partial charge in [-0.15, -0.1) is 0 Å². The Morgan fingerprint density at radius 2 is 2.11 bits per heavy atom. The minimum absolute atomic E-state index is 0.230. The van der Waals surface area contributed by atoms with Crippen molar-refractivity contribution in [2.45, 2.75) is 6.92 Å². The van der Waals surface area contributed by atoms with Crippen LogP contribution < -0.4 is 10.1 Å². The van der Waals surface area contributed by atoms with Gasteiger partial charge in [0.2, 0.25) is 0 Å². The van der Waals surface area contributed by atoms with Crippen molar-refractivity contribution in [2.75, 3.05) is 11.9 Å². The maximum atomic E-state index is 12.2. The number of para-hydroxylation sites is 2. The van der Waals surface area contributed by atoms with Crippen LogP contribution in [0.1, 0.15) is 17.3 Å². The summed E-state index contributed by atoms with van der Waals surface area (Å²) in [6, 6.07) is 10.7. The van der Waals surface area contributed by atoms with Crippen molar-refractivity contribution in [1.29, 1.82) is 0 Å². The molecule has 0 spiro atoms. The van der Waals surface area contributed by atoms with Crippen molar-refractivity contribution in [3.05, 3.63) is 52.8 Å². The highest BCUT2D eigenvalue weighted by Crippen LogP contribution is 2.25. The molecule has 0 unspecified atom stereocenters. The van der Waals surface area contributed by atoms with Gasteiger partial charge in [-0.1, -0.05) is 12.1 Å². The molecular weight excluding hydrogens is 308 g/mol. The molecule has 4 nitrogen and oxygen atoms in total. The van der Waals surface area contributed by atoms with E-state index in [9.17, 15) is 4.79 Å². The Bertz CT molecular complexity index is 587. The summed E-state index contributed by atoms with van der Waals surface area (Å²) < 4.78 is 5.98. The van der Waals surface area contributed by atoms with Gasteiger partial charge in [0.05, 0.1) is 17.9 Å². The van der Waals surface area contributed by atoms with Gasteiger partial charge >= 0.3 is 0 Å². The predicted molar refractivity (Wildman–Crippen MR) is 77.5 cm³/mol. The van der Waals surface area contributed by atoms with Crippen molar-refractivity contribution in [2.24, 2.45) is 0 Å². The van der Waals surface area contributed by atoms with E-state index in [-0.39, 0.29) is 5.91 Å². The van der Waals surface area contributed by atoms with Crippen LogP contribution >= 0.6 is 15.9 Å². The molecule has 1 aromatic heterocycles. The minimum atomic E-state index is -0.230. The van der Waals surface area contributed by atoms with Crippen LogP contribution in [0.4, 0.5) is 5.69 Å². The first-order valence-corrected chi connectivity index (χ1v) is 6.65. The second-order valence-electron chi connectivity index (χ2n) is 3.73. The number of nitrogens with one attached hydrogen (secondary N) is 1. The average molecular weight is 321 g/mol. The fourth-order valence-electron chi connectivity index (χ4n) is 1.60. The van der Waals surface area contributed by atoms with Crippen molar-refractivity contribution in [1.82, 2.24) is 4.98 Å². The van der Waals surface area contributed by atoms with Crippen LogP contribution in [0.25, 0.3) is 0 Å². The molecule has 0 saturated heterocycles. The Balaban J connectivity index is 2.22. The molecule has 0 aliphatic rings. The molecule has 2 aromatic rings. The van der Waals surface area contributed by atoms with E-state index in [2.05, 4.69) is 26.2 Å². The number of nitrogens with zero attached hydrogens (tertiary/aromatic N) is 1. The molecule has 0 aliphatic heterocycles. The molecule has 0 fully saturated rings. The quantitative estimate of drug-likeness (QED) is 0.877. The van der Waals surface area contributed by atoms with Crippen molar-refractivity contribution >= 4 is 27.5 Å². The zero-order valence-corrected chi connectivity index (χ0v) is 12.0. The molecule has 2 rings (SSSR count). The second-order valence-corrected chi connectivity index (χ2v) is 4.48. The Hall–Kier alpha value is -1.88. The Kier molecular flexibility index (Phi) is 4.52. The summed E-state index contributed by atoms with van der Waals surface area (Å²) in [6.45, 7) is 2.44. The van der Waals surface area contributed by atoms with Gasteiger partial charge in [-0.2, -0.15) is 0 Å². The van der Waals surface area contributed by atoms with E-state index in [1.807, 2.05) is 25.1 Å². The number of carbonyl (C=O) groups excluding carboxylic acids is 1. The predicted octanol–water partition coefficient (Wildman–Crippen LogP) is 3.50. The molecule has 1 aromatic carbocycles. The van der Waals surface area contributed by atoms with Gasteiger partial charge in [-0.25, -0.2) is 4.98 Å². The van der Waals surface area contributed by atoms with Gasteiger partial charge in [0.15, 0.2) is 0 Å². The highest BCUT2D eigenvalue weighted by molar-refractivity contribution is 9.10. The fourth-order valence-corrected chi connectivity index (χ4v) is 2.03. The molecular formula is C14H13BrN2O2. The van der Waals surface area contributed by atoms with Gasteiger partial charge in [-0.3, -0.25) is 4.79 Å². The van der Waals surface area contributed by atoms with E-state index in [1.165, 1.54) is 0 Å². The highest BCUT2D eigenvalue weighted by Gasteiger charge is 2.12. The number of anilines is 1. The number of aromatic nitrogens is 1. The first-order valence-electron chi connectivity index (χ1n) is 5.86. The van der Waals surface area contributed by atoms with Gasteiger partial charge in [0.25, 0.3) is 5.91 Å². The molecule has 98 valence electrons. The lowest BCUT2D eigenvalue weighted by molar-refractivity contribution is 0.102. The van der Waals surface area contributed by atoms with Crippen LogP contribution in [0.3, 0.4) is 0 Å². The van der Waals surface area contributed by atoms with E-state index in [0.29, 0.717) is 28.2 Å². The van der Waals surface area contributed by atoms with Crippen molar-refractivity contribution < 1.29 is 9.53 Å². The third-order valence-electron chi connectivity index (χ3n) is 2.44. The molecule has 0 bridgehead atoms. The summed E-state index contributed by atoms with van der Waals surface area (Å²) in [7, 11) is 0. The molecule has 0 atom stereocenters. The number of carbonyl (C=O) groups is 1. The lowest BCUT2D eigenvalue weighted by Crippen LogP contribution is -2.14. The first kappa shape index (κ1) is 13.5. The summed E-state index contributed by atoms with van der Waals surface area (Å²) in [5, 5.41) is 2.82. The lowest BCUT2D eigenvalue weighted by atomic mass is 10.2. The molecule has 5 heteroatoms. The number of hydrogen-bond acceptors (Lipinski definition) is 3. The zero-order valence-electron chi connectivity index (χ0n) is 10.4. The van der Waals surface area contributed by atoms with E-state index >= 15 is 0 Å². The largest absolute Gasteiger partial charge is 0.492 e. The number of benzene rings is 1. The van der Waals surface area contributed by atoms with Crippen LogP contribution in [0.15, 0.2) is 47.2 Å². The van der Waals surface area contributed by atoms with Crippen LogP contribution in [-0.2, 0) is 0 Å². The van der Waals surface area contributed by atoms with E-state index in [1.54, 1.807) is 24.4 Å². The van der Waals surface area contributed by atoms with E-state index in [4.69, 9.17) is 4.74 Å². The highest BCUT2D eigenvalue weighted by atomic mass is 79.9. The SMILES string of the molecule is CCOc1ccccc1NC(=O)c1cccnc1Br. The number of halogens is 1. The molecule has 19 heavy (non-hydrogen) atoms. The van der Waals surface area contributed by atoms with Crippen molar-refractivity contribution in [3.63, 3.8) is 0 Å². The molecule has 1 N–H and O–H groups in total. The summed E-state index contributed by atoms with van der Waals surface area (Å²) in [4.78, 5) is 16.2. The zero-order chi connectivity index (χ0) is 13.7. The standard InChI is InChI=1S/C14H13BrN2O2/c1-2-19-12-8-4-3-7-11(12)17-14(18)10-6-5-9-16-13(10)15/h3-9H,2H2,1H3,(H,17,18). The monoisotopic (exact) mass is 320 g/mol. The third kappa shape index (κ3) is 3.32. The van der Waals surface area contributed by atoms with Crippen LogP contribution in [-0.4, -0.2) is 17.5 Å². The number of amides is 1. The minimum Gasteiger partial charge on any atom is -0.492 e. The molecule has 1 heterocycles. The smallest absolute Gasteiger partial charge is 0.258 e. The summed E-state index contributed by atoms with van der Waals surface area (Å²) >= 11 is 3.26. The maximum absolute atomic E-state index is 12.2. The third-order valence-corrected chi connectivity index (χ3v) is 3.07. The normalized spacial score (nSPS) is 10.0. The summed E-state index contributed by atoms with van der Waals surface area (Å²) in [6.07, 6.45) is 1.62. The number of rotatable bonds is 4.